The Kier molecular flexibility index (Phi) is 6.13. The number of benzene rings is 1. The van der Waals surface area contributed by atoms with E-state index in [1.165, 1.54) is 6.07 Å². The molecule has 9 heteroatoms. The predicted molar refractivity (Wildman–Crippen MR) is 99.8 cm³/mol. The van der Waals surface area contributed by atoms with Crippen LogP contribution in [0.1, 0.15) is 24.2 Å². The van der Waals surface area contributed by atoms with Crippen LogP contribution in [0.5, 0.6) is 0 Å². The van der Waals surface area contributed by atoms with Crippen molar-refractivity contribution in [2.75, 3.05) is 18.4 Å². The molecular weight excluding hydrogens is 371 g/mol. The Morgan fingerprint density at radius 1 is 1.11 bits per heavy atom. The number of hydrogen-bond donors (Lipinski definition) is 3. The van der Waals surface area contributed by atoms with Crippen LogP contribution in [0, 0.1) is 0 Å². The van der Waals surface area contributed by atoms with E-state index in [1.54, 1.807) is 0 Å². The number of carbonyl (C=O) groups is 1. The van der Waals surface area contributed by atoms with Crippen molar-refractivity contribution in [3.63, 3.8) is 0 Å². The summed E-state index contributed by atoms with van der Waals surface area (Å²) in [5.41, 5.74) is 1.04. The number of anilines is 1. The minimum atomic E-state index is -4.39. The van der Waals surface area contributed by atoms with Crippen molar-refractivity contribution in [2.45, 2.75) is 25.4 Å². The molecule has 0 radical (unpaired) electrons. The van der Waals surface area contributed by atoms with Crippen molar-refractivity contribution in [1.29, 1.82) is 0 Å². The van der Waals surface area contributed by atoms with Gasteiger partial charge in [-0.1, -0.05) is 12.1 Å². The van der Waals surface area contributed by atoms with Gasteiger partial charge in [-0.25, -0.2) is 9.97 Å². The maximum Gasteiger partial charge on any atom is 0.417 e. The van der Waals surface area contributed by atoms with Gasteiger partial charge >= 0.3 is 6.18 Å². The van der Waals surface area contributed by atoms with Crippen molar-refractivity contribution in [3.05, 3.63) is 54.0 Å². The van der Waals surface area contributed by atoms with Crippen molar-refractivity contribution in [2.24, 2.45) is 0 Å². The zero-order valence-corrected chi connectivity index (χ0v) is 15.0. The van der Waals surface area contributed by atoms with Crippen LogP contribution in [-0.2, 0) is 17.4 Å². The number of carbonyl (C=O) groups excluding carboxylic acids is 1. The Hall–Kier alpha value is -3.10. The number of para-hydroxylation sites is 2. The zero-order valence-electron chi connectivity index (χ0n) is 15.0. The Bertz CT molecular complexity index is 888. The molecule has 1 aromatic carbocycles. The second-order valence-corrected chi connectivity index (χ2v) is 6.26. The number of amides is 1. The summed E-state index contributed by atoms with van der Waals surface area (Å²) in [5.74, 6) is 1.06. The van der Waals surface area contributed by atoms with Gasteiger partial charge in [-0.2, -0.15) is 13.2 Å². The van der Waals surface area contributed by atoms with Gasteiger partial charge in [0.1, 0.15) is 11.6 Å². The van der Waals surface area contributed by atoms with Gasteiger partial charge in [-0.3, -0.25) is 4.79 Å². The fourth-order valence-corrected chi connectivity index (χ4v) is 2.64. The summed E-state index contributed by atoms with van der Waals surface area (Å²) >= 11 is 0. The number of halogens is 3. The molecule has 148 valence electrons. The SMILES string of the molecule is O=C(CCc1nc2ccccc2[nH]1)NCCCNc1ccc(C(F)(F)F)cn1. The molecule has 3 N–H and O–H groups in total. The fraction of sp³-hybridized carbons (Fsp3) is 0.316. The molecule has 0 aliphatic rings. The highest BCUT2D eigenvalue weighted by atomic mass is 19.4. The minimum absolute atomic E-state index is 0.0758. The third-order valence-corrected chi connectivity index (χ3v) is 4.10. The second kappa shape index (κ2) is 8.73. The third kappa shape index (κ3) is 5.45. The van der Waals surface area contributed by atoms with Gasteiger partial charge in [0, 0.05) is 32.1 Å². The van der Waals surface area contributed by atoms with E-state index in [9.17, 15) is 18.0 Å². The number of nitrogens with zero attached hydrogens (tertiary/aromatic N) is 2. The molecular formula is C19H20F3N5O. The number of aromatic amines is 1. The largest absolute Gasteiger partial charge is 0.417 e. The quantitative estimate of drug-likeness (QED) is 0.513. The molecule has 1 amide bonds. The predicted octanol–water partition coefficient (Wildman–Crippen LogP) is 3.53. The Morgan fingerprint density at radius 2 is 1.93 bits per heavy atom. The summed E-state index contributed by atoms with van der Waals surface area (Å²) < 4.78 is 37.4. The van der Waals surface area contributed by atoms with Crippen LogP contribution in [0.3, 0.4) is 0 Å². The van der Waals surface area contributed by atoms with Crippen LogP contribution in [0.25, 0.3) is 11.0 Å². The van der Waals surface area contributed by atoms with Crippen molar-refractivity contribution in [3.8, 4) is 0 Å². The summed E-state index contributed by atoms with van der Waals surface area (Å²) in [6.45, 7) is 0.953. The van der Waals surface area contributed by atoms with Crippen molar-refractivity contribution in [1.82, 2.24) is 20.3 Å². The number of H-pyrrole nitrogens is 1. The summed E-state index contributed by atoms with van der Waals surface area (Å²) in [4.78, 5) is 23.2. The van der Waals surface area contributed by atoms with Crippen molar-refractivity contribution < 1.29 is 18.0 Å². The highest BCUT2D eigenvalue weighted by Crippen LogP contribution is 2.28. The molecule has 0 spiro atoms. The summed E-state index contributed by atoms with van der Waals surface area (Å²) in [6.07, 6.45) is -2.12. The topological polar surface area (TPSA) is 82.7 Å². The molecule has 0 unspecified atom stereocenters. The standard InChI is InChI=1S/C19H20F3N5O/c20-19(21,22)13-6-7-16(25-12-13)23-10-3-11-24-18(28)9-8-17-26-14-4-1-2-5-15(14)27-17/h1-2,4-7,12H,3,8-11H2,(H,23,25)(H,24,28)(H,26,27). The van der Waals surface area contributed by atoms with Crippen LogP contribution in [0.4, 0.5) is 19.0 Å². The lowest BCUT2D eigenvalue weighted by Crippen LogP contribution is -2.26. The van der Waals surface area contributed by atoms with Gasteiger partial charge in [0.25, 0.3) is 0 Å². The smallest absolute Gasteiger partial charge is 0.370 e. The van der Waals surface area contributed by atoms with Gasteiger partial charge in [-0.05, 0) is 30.7 Å². The molecule has 6 nitrogen and oxygen atoms in total. The molecule has 3 aromatic rings. The number of aryl methyl sites for hydroxylation is 1. The molecule has 28 heavy (non-hydrogen) atoms. The number of imidazole rings is 1. The average molecular weight is 391 g/mol. The fourth-order valence-electron chi connectivity index (χ4n) is 2.64. The Morgan fingerprint density at radius 3 is 2.64 bits per heavy atom. The van der Waals surface area contributed by atoms with Crippen LogP contribution in [-0.4, -0.2) is 33.9 Å². The summed E-state index contributed by atoms with van der Waals surface area (Å²) in [7, 11) is 0. The van der Waals surface area contributed by atoms with Gasteiger partial charge in [0.2, 0.25) is 5.91 Å². The molecule has 0 aliphatic heterocycles. The number of pyridine rings is 1. The first kappa shape index (κ1) is 19.7. The monoisotopic (exact) mass is 391 g/mol. The zero-order chi connectivity index (χ0) is 20.0. The van der Waals surface area contributed by atoms with Crippen LogP contribution >= 0.6 is 0 Å². The lowest BCUT2D eigenvalue weighted by molar-refractivity contribution is -0.137. The van der Waals surface area contributed by atoms with Gasteiger partial charge in [0.05, 0.1) is 16.6 Å². The highest BCUT2D eigenvalue weighted by Gasteiger charge is 2.30. The maximum absolute atomic E-state index is 12.5. The molecule has 0 saturated heterocycles. The van der Waals surface area contributed by atoms with E-state index >= 15 is 0 Å². The molecule has 0 atom stereocenters. The molecule has 3 rings (SSSR count). The second-order valence-electron chi connectivity index (χ2n) is 6.26. The highest BCUT2D eigenvalue weighted by molar-refractivity contribution is 5.77. The van der Waals surface area contributed by atoms with Crippen molar-refractivity contribution >= 4 is 22.8 Å². The number of hydrogen-bond acceptors (Lipinski definition) is 4. The molecule has 0 bridgehead atoms. The molecule has 0 saturated carbocycles. The first-order valence-corrected chi connectivity index (χ1v) is 8.89. The van der Waals surface area contributed by atoms with Gasteiger partial charge < -0.3 is 15.6 Å². The molecule has 2 aromatic heterocycles. The van der Waals surface area contributed by atoms with Crippen LogP contribution in [0.15, 0.2) is 42.6 Å². The lowest BCUT2D eigenvalue weighted by atomic mass is 10.2. The number of rotatable bonds is 8. The number of fused-ring (bicyclic) bond motifs is 1. The maximum atomic E-state index is 12.5. The minimum Gasteiger partial charge on any atom is -0.370 e. The number of aromatic nitrogens is 3. The Labute approximate surface area is 159 Å². The first-order chi connectivity index (χ1) is 13.4. The van der Waals surface area contributed by atoms with E-state index in [0.717, 1.165) is 29.1 Å². The summed E-state index contributed by atoms with van der Waals surface area (Å²) in [6, 6.07) is 9.95. The van der Waals surface area contributed by atoms with Gasteiger partial charge in [0.15, 0.2) is 0 Å². The molecule has 0 aliphatic carbocycles. The lowest BCUT2D eigenvalue weighted by Gasteiger charge is -2.09. The number of nitrogens with one attached hydrogen (secondary N) is 3. The van der Waals surface area contributed by atoms with E-state index in [0.29, 0.717) is 38.2 Å². The van der Waals surface area contributed by atoms with E-state index in [2.05, 4.69) is 25.6 Å². The third-order valence-electron chi connectivity index (χ3n) is 4.10. The van der Waals surface area contributed by atoms with Gasteiger partial charge in [-0.15, -0.1) is 0 Å². The Balaban J connectivity index is 1.32. The normalized spacial score (nSPS) is 11.5. The first-order valence-electron chi connectivity index (χ1n) is 8.89. The number of alkyl halides is 3. The average Bonchev–Trinajstić information content (AvgIpc) is 3.09. The van der Waals surface area contributed by atoms with E-state index in [4.69, 9.17) is 0 Å². The van der Waals surface area contributed by atoms with Crippen LogP contribution in [0.2, 0.25) is 0 Å². The van der Waals surface area contributed by atoms with E-state index in [1.807, 2.05) is 24.3 Å². The van der Waals surface area contributed by atoms with E-state index < -0.39 is 11.7 Å². The van der Waals surface area contributed by atoms with E-state index in [-0.39, 0.29) is 5.91 Å². The molecule has 0 fully saturated rings. The summed E-state index contributed by atoms with van der Waals surface area (Å²) in [5, 5.41) is 5.74. The molecule has 2 heterocycles. The van der Waals surface area contributed by atoms with Crippen LogP contribution < -0.4 is 10.6 Å².